The van der Waals surface area contributed by atoms with Gasteiger partial charge in [-0.2, -0.15) is 0 Å². The highest BCUT2D eigenvalue weighted by Crippen LogP contribution is 2.18. The van der Waals surface area contributed by atoms with Gasteiger partial charge in [0.25, 0.3) is 23.6 Å². The average Bonchev–Trinajstić information content (AvgIpc) is 2.90. The molecule has 0 aliphatic heterocycles. The zero-order valence-electron chi connectivity index (χ0n) is 19.3. The SMILES string of the molecule is CC[C@@H](NC(=O)c1ccccc1NC(=O)c1ccc(OC)cc1)C(=O)NNC(=O)c1ccccc1. The molecule has 0 fully saturated rings. The van der Waals surface area contributed by atoms with Gasteiger partial charge < -0.3 is 15.4 Å². The second-order valence-electron chi connectivity index (χ2n) is 7.47. The molecule has 0 heterocycles. The van der Waals surface area contributed by atoms with Gasteiger partial charge >= 0.3 is 0 Å². The fourth-order valence-corrected chi connectivity index (χ4v) is 3.18. The van der Waals surface area contributed by atoms with Crippen LogP contribution in [-0.2, 0) is 4.79 Å². The summed E-state index contributed by atoms with van der Waals surface area (Å²) in [6, 6.07) is 20.5. The number of nitrogens with one attached hydrogen (secondary N) is 4. The number of methoxy groups -OCH3 is 1. The zero-order valence-corrected chi connectivity index (χ0v) is 19.3. The molecule has 3 aromatic rings. The number of para-hydroxylation sites is 1. The Balaban J connectivity index is 1.64. The second-order valence-corrected chi connectivity index (χ2v) is 7.47. The van der Waals surface area contributed by atoms with Crippen LogP contribution in [0.1, 0.15) is 44.4 Å². The van der Waals surface area contributed by atoms with E-state index in [1.165, 1.54) is 7.11 Å². The molecule has 35 heavy (non-hydrogen) atoms. The first kappa shape index (κ1) is 25.0. The molecule has 0 aromatic heterocycles. The van der Waals surface area contributed by atoms with Crippen molar-refractivity contribution in [3.8, 4) is 5.75 Å². The highest BCUT2D eigenvalue weighted by molar-refractivity contribution is 6.09. The lowest BCUT2D eigenvalue weighted by molar-refractivity contribution is -0.123. The number of benzene rings is 3. The number of anilines is 1. The van der Waals surface area contributed by atoms with Gasteiger partial charge in [-0.3, -0.25) is 30.0 Å². The molecular weight excluding hydrogens is 448 g/mol. The quantitative estimate of drug-likeness (QED) is 0.374. The van der Waals surface area contributed by atoms with Gasteiger partial charge in [0, 0.05) is 11.1 Å². The van der Waals surface area contributed by atoms with Gasteiger partial charge in [-0.1, -0.05) is 37.3 Å². The molecule has 0 radical (unpaired) electrons. The Morgan fingerprint density at radius 1 is 0.743 bits per heavy atom. The maximum atomic E-state index is 13.0. The van der Waals surface area contributed by atoms with Crippen molar-refractivity contribution >= 4 is 29.3 Å². The molecule has 0 saturated heterocycles. The monoisotopic (exact) mass is 474 g/mol. The molecule has 0 saturated carbocycles. The predicted octanol–water partition coefficient (Wildman–Crippen LogP) is 2.92. The van der Waals surface area contributed by atoms with Crippen molar-refractivity contribution in [2.45, 2.75) is 19.4 Å². The molecule has 1 atom stereocenters. The number of amides is 4. The first-order valence-corrected chi connectivity index (χ1v) is 10.9. The molecule has 0 bridgehead atoms. The molecular formula is C26H26N4O5. The van der Waals surface area contributed by atoms with E-state index in [9.17, 15) is 19.2 Å². The zero-order chi connectivity index (χ0) is 25.2. The number of rotatable bonds is 8. The Morgan fingerprint density at radius 3 is 2.03 bits per heavy atom. The minimum Gasteiger partial charge on any atom is -0.497 e. The van der Waals surface area contributed by atoms with Crippen LogP contribution in [0.2, 0.25) is 0 Å². The van der Waals surface area contributed by atoms with E-state index < -0.39 is 29.7 Å². The molecule has 4 amide bonds. The molecule has 0 aliphatic rings. The summed E-state index contributed by atoms with van der Waals surface area (Å²) < 4.78 is 5.10. The maximum absolute atomic E-state index is 13.0. The molecule has 4 N–H and O–H groups in total. The van der Waals surface area contributed by atoms with Crippen molar-refractivity contribution < 1.29 is 23.9 Å². The van der Waals surface area contributed by atoms with Crippen molar-refractivity contribution in [2.24, 2.45) is 0 Å². The number of carbonyl (C=O) groups excluding carboxylic acids is 4. The molecule has 9 heteroatoms. The molecule has 9 nitrogen and oxygen atoms in total. The second kappa shape index (κ2) is 12.0. The smallest absolute Gasteiger partial charge is 0.269 e. The Hall–Kier alpha value is -4.66. The first-order valence-electron chi connectivity index (χ1n) is 10.9. The molecule has 3 rings (SSSR count). The third-order valence-corrected chi connectivity index (χ3v) is 5.14. The van der Waals surface area contributed by atoms with E-state index in [1.54, 1.807) is 85.8 Å². The van der Waals surface area contributed by atoms with Crippen LogP contribution in [0.5, 0.6) is 5.75 Å². The maximum Gasteiger partial charge on any atom is 0.269 e. The Labute approximate surface area is 202 Å². The molecule has 3 aromatic carbocycles. The van der Waals surface area contributed by atoms with Gasteiger partial charge in [-0.15, -0.1) is 0 Å². The number of ether oxygens (including phenoxy) is 1. The fraction of sp³-hybridized carbons (Fsp3) is 0.154. The summed E-state index contributed by atoms with van der Waals surface area (Å²) >= 11 is 0. The van der Waals surface area contributed by atoms with E-state index in [4.69, 9.17) is 4.74 Å². The molecule has 0 aliphatic carbocycles. The van der Waals surface area contributed by atoms with E-state index in [0.29, 0.717) is 22.6 Å². The van der Waals surface area contributed by atoms with Crippen molar-refractivity contribution in [1.82, 2.24) is 16.2 Å². The van der Waals surface area contributed by atoms with Crippen LogP contribution in [-0.4, -0.2) is 36.8 Å². The number of hydrogen-bond donors (Lipinski definition) is 4. The molecule has 180 valence electrons. The lowest BCUT2D eigenvalue weighted by atomic mass is 10.1. The van der Waals surface area contributed by atoms with Gasteiger partial charge in [0.15, 0.2) is 0 Å². The van der Waals surface area contributed by atoms with E-state index in [-0.39, 0.29) is 12.0 Å². The van der Waals surface area contributed by atoms with Gasteiger partial charge in [-0.05, 0) is 55.0 Å². The minimum atomic E-state index is -0.913. The number of hydrogen-bond acceptors (Lipinski definition) is 5. The minimum absolute atomic E-state index is 0.189. The van der Waals surface area contributed by atoms with Crippen LogP contribution in [0.3, 0.4) is 0 Å². The van der Waals surface area contributed by atoms with Crippen molar-refractivity contribution in [2.75, 3.05) is 12.4 Å². The van der Waals surface area contributed by atoms with Crippen molar-refractivity contribution in [3.63, 3.8) is 0 Å². The Bertz CT molecular complexity index is 1200. The summed E-state index contributed by atoms with van der Waals surface area (Å²) in [6.07, 6.45) is 0.277. The summed E-state index contributed by atoms with van der Waals surface area (Å²) in [5.41, 5.74) is 5.92. The van der Waals surface area contributed by atoms with E-state index in [2.05, 4.69) is 21.5 Å². The number of carbonyl (C=O) groups is 4. The summed E-state index contributed by atoms with van der Waals surface area (Å²) in [6.45, 7) is 1.72. The summed E-state index contributed by atoms with van der Waals surface area (Å²) in [4.78, 5) is 50.3. The van der Waals surface area contributed by atoms with Crippen LogP contribution in [0.15, 0.2) is 78.9 Å². The average molecular weight is 475 g/mol. The van der Waals surface area contributed by atoms with Gasteiger partial charge in [-0.25, -0.2) is 0 Å². The van der Waals surface area contributed by atoms with Crippen molar-refractivity contribution in [1.29, 1.82) is 0 Å². The van der Waals surface area contributed by atoms with Crippen LogP contribution in [0, 0.1) is 0 Å². The number of hydrazine groups is 1. The van der Waals surface area contributed by atoms with Crippen LogP contribution in [0.25, 0.3) is 0 Å². The first-order chi connectivity index (χ1) is 16.9. The predicted molar refractivity (Wildman–Crippen MR) is 131 cm³/mol. The van der Waals surface area contributed by atoms with Gasteiger partial charge in [0.2, 0.25) is 0 Å². The van der Waals surface area contributed by atoms with Crippen LogP contribution >= 0.6 is 0 Å². The van der Waals surface area contributed by atoms with Crippen LogP contribution in [0.4, 0.5) is 5.69 Å². The van der Waals surface area contributed by atoms with Crippen LogP contribution < -0.4 is 26.2 Å². The van der Waals surface area contributed by atoms with Gasteiger partial charge in [0.05, 0.1) is 18.4 Å². The topological polar surface area (TPSA) is 126 Å². The normalized spacial score (nSPS) is 11.0. The summed E-state index contributed by atoms with van der Waals surface area (Å²) in [5, 5.41) is 5.37. The van der Waals surface area contributed by atoms with Gasteiger partial charge in [0.1, 0.15) is 11.8 Å². The standard InChI is InChI=1S/C26H26N4O5/c1-3-21(26(34)30-29-24(32)17-9-5-4-6-10-17)27-25(33)20-11-7-8-12-22(20)28-23(31)18-13-15-19(35-2)16-14-18/h4-16,21H,3H2,1-2H3,(H,27,33)(H,28,31)(H,29,32)(H,30,34)/t21-/m1/s1. The van der Waals surface area contributed by atoms with E-state index in [1.807, 2.05) is 0 Å². The van der Waals surface area contributed by atoms with E-state index >= 15 is 0 Å². The lowest BCUT2D eigenvalue weighted by Gasteiger charge is -2.18. The van der Waals surface area contributed by atoms with E-state index in [0.717, 1.165) is 0 Å². The molecule has 0 spiro atoms. The Kier molecular flexibility index (Phi) is 8.55. The highest BCUT2D eigenvalue weighted by atomic mass is 16.5. The third-order valence-electron chi connectivity index (χ3n) is 5.14. The third kappa shape index (κ3) is 6.67. The largest absolute Gasteiger partial charge is 0.497 e. The van der Waals surface area contributed by atoms with Crippen molar-refractivity contribution in [3.05, 3.63) is 95.6 Å². The molecule has 0 unspecified atom stereocenters. The lowest BCUT2D eigenvalue weighted by Crippen LogP contribution is -2.52. The fourth-order valence-electron chi connectivity index (χ4n) is 3.18. The summed E-state index contributed by atoms with van der Waals surface area (Å²) in [7, 11) is 1.53. The Morgan fingerprint density at radius 2 is 1.37 bits per heavy atom. The summed E-state index contributed by atoms with van der Waals surface area (Å²) in [5.74, 6) is -1.39. The highest BCUT2D eigenvalue weighted by Gasteiger charge is 2.22.